The van der Waals surface area contributed by atoms with E-state index in [1.807, 2.05) is 12.1 Å². The Balaban J connectivity index is 1.21. The number of benzene rings is 2. The molecule has 0 bridgehead atoms. The fourth-order valence-corrected chi connectivity index (χ4v) is 3.53. The highest BCUT2D eigenvalue weighted by molar-refractivity contribution is 5.27. The number of hydrogen-bond donors (Lipinski definition) is 2. The van der Waals surface area contributed by atoms with E-state index in [1.54, 1.807) is 6.07 Å². The number of nitrogens with one attached hydrogen (secondary N) is 2. The van der Waals surface area contributed by atoms with Gasteiger partial charge in [0.05, 0.1) is 0 Å². The van der Waals surface area contributed by atoms with E-state index in [1.165, 1.54) is 30.9 Å². The zero-order valence-corrected chi connectivity index (χ0v) is 14.0. The molecule has 2 aromatic carbocycles. The molecule has 0 saturated heterocycles. The molecule has 2 saturated carbocycles. The van der Waals surface area contributed by atoms with E-state index in [2.05, 4.69) is 41.0 Å². The molecular formula is C21H25FN2. The minimum atomic E-state index is -0.114. The Hall–Kier alpha value is -1.71. The highest BCUT2D eigenvalue weighted by Crippen LogP contribution is 2.46. The number of rotatable bonds is 8. The highest BCUT2D eigenvalue weighted by atomic mass is 19.1. The molecule has 2 aliphatic rings. The SMILES string of the molecule is Fc1ccccc1CNCC1(CN[C@H]2C[C@@H]2c2ccccc2)CC1. The molecule has 0 spiro atoms. The molecule has 0 amide bonds. The third kappa shape index (κ3) is 3.68. The van der Waals surface area contributed by atoms with Gasteiger partial charge in [0.1, 0.15) is 5.82 Å². The van der Waals surface area contributed by atoms with Crippen molar-refractivity contribution in [3.63, 3.8) is 0 Å². The fourth-order valence-electron chi connectivity index (χ4n) is 3.53. The van der Waals surface area contributed by atoms with Gasteiger partial charge in [-0.05, 0) is 36.3 Å². The third-order valence-corrected chi connectivity index (χ3v) is 5.49. The molecule has 2 aromatic rings. The van der Waals surface area contributed by atoms with Crippen LogP contribution in [0.5, 0.6) is 0 Å². The van der Waals surface area contributed by atoms with Crippen molar-refractivity contribution in [2.24, 2.45) is 5.41 Å². The minimum Gasteiger partial charge on any atom is -0.313 e. The van der Waals surface area contributed by atoms with Crippen LogP contribution in [0.15, 0.2) is 54.6 Å². The second-order valence-electron chi connectivity index (χ2n) is 7.44. The normalized spacial score (nSPS) is 23.9. The molecule has 2 atom stereocenters. The first-order valence-corrected chi connectivity index (χ1v) is 8.98. The molecule has 0 heterocycles. The Kier molecular flexibility index (Phi) is 4.38. The summed E-state index contributed by atoms with van der Waals surface area (Å²) in [5, 5.41) is 7.21. The standard InChI is InChI=1S/C21H25FN2/c22-19-9-5-4-8-17(19)13-23-14-21(10-11-21)15-24-20-12-18(20)16-6-2-1-3-7-16/h1-9,18,20,23-24H,10-15H2/t18-,20+/m1/s1. The zero-order valence-electron chi connectivity index (χ0n) is 14.0. The zero-order chi connectivity index (χ0) is 16.4. The predicted molar refractivity (Wildman–Crippen MR) is 95.4 cm³/mol. The van der Waals surface area contributed by atoms with Crippen LogP contribution in [0, 0.1) is 11.2 Å². The van der Waals surface area contributed by atoms with Gasteiger partial charge in [-0.3, -0.25) is 0 Å². The highest BCUT2D eigenvalue weighted by Gasteiger charge is 2.45. The maximum absolute atomic E-state index is 13.6. The lowest BCUT2D eigenvalue weighted by Crippen LogP contribution is -2.34. The summed E-state index contributed by atoms with van der Waals surface area (Å²) in [4.78, 5) is 0. The topological polar surface area (TPSA) is 24.1 Å². The first-order chi connectivity index (χ1) is 11.8. The van der Waals surface area contributed by atoms with E-state index in [4.69, 9.17) is 0 Å². The molecule has 2 aliphatic carbocycles. The molecule has 24 heavy (non-hydrogen) atoms. The van der Waals surface area contributed by atoms with Crippen LogP contribution in [-0.4, -0.2) is 19.1 Å². The summed E-state index contributed by atoms with van der Waals surface area (Å²) < 4.78 is 13.6. The molecular weight excluding hydrogens is 299 g/mol. The van der Waals surface area contributed by atoms with E-state index >= 15 is 0 Å². The summed E-state index contributed by atoms with van der Waals surface area (Å²) in [6.45, 7) is 2.66. The van der Waals surface area contributed by atoms with Gasteiger partial charge in [0, 0.05) is 37.2 Å². The molecule has 0 unspecified atom stereocenters. The summed E-state index contributed by atoms with van der Waals surface area (Å²) in [6, 6.07) is 18.4. The molecule has 2 fully saturated rings. The van der Waals surface area contributed by atoms with E-state index in [0.29, 0.717) is 23.9 Å². The molecule has 0 radical (unpaired) electrons. The lowest BCUT2D eigenvalue weighted by molar-refractivity contribution is 0.417. The van der Waals surface area contributed by atoms with Crippen molar-refractivity contribution in [1.82, 2.24) is 10.6 Å². The Morgan fingerprint density at radius 3 is 2.46 bits per heavy atom. The van der Waals surface area contributed by atoms with Crippen molar-refractivity contribution < 1.29 is 4.39 Å². The van der Waals surface area contributed by atoms with E-state index in [-0.39, 0.29) is 5.82 Å². The maximum atomic E-state index is 13.6. The summed E-state index contributed by atoms with van der Waals surface area (Å²) in [5.41, 5.74) is 2.60. The monoisotopic (exact) mass is 324 g/mol. The van der Waals surface area contributed by atoms with Gasteiger partial charge >= 0.3 is 0 Å². The van der Waals surface area contributed by atoms with Crippen LogP contribution in [0.25, 0.3) is 0 Å². The average molecular weight is 324 g/mol. The van der Waals surface area contributed by atoms with Crippen molar-refractivity contribution in [3.05, 3.63) is 71.5 Å². The first kappa shape index (κ1) is 15.8. The van der Waals surface area contributed by atoms with Crippen molar-refractivity contribution in [2.45, 2.75) is 37.8 Å². The molecule has 126 valence electrons. The molecule has 2 N–H and O–H groups in total. The van der Waals surface area contributed by atoms with Crippen LogP contribution < -0.4 is 10.6 Å². The lowest BCUT2D eigenvalue weighted by atomic mass is 10.1. The third-order valence-electron chi connectivity index (χ3n) is 5.49. The Morgan fingerprint density at radius 2 is 1.71 bits per heavy atom. The summed E-state index contributed by atoms with van der Waals surface area (Å²) in [7, 11) is 0. The van der Waals surface area contributed by atoms with Gasteiger partial charge in [0.15, 0.2) is 0 Å². The molecule has 3 heteroatoms. The molecule has 4 rings (SSSR count). The van der Waals surface area contributed by atoms with E-state index in [0.717, 1.165) is 18.7 Å². The maximum Gasteiger partial charge on any atom is 0.127 e. The largest absolute Gasteiger partial charge is 0.313 e. The second-order valence-corrected chi connectivity index (χ2v) is 7.44. The van der Waals surface area contributed by atoms with Crippen LogP contribution in [-0.2, 0) is 6.54 Å². The number of halogens is 1. The van der Waals surface area contributed by atoms with Crippen LogP contribution in [0.4, 0.5) is 4.39 Å². The van der Waals surface area contributed by atoms with Crippen molar-refractivity contribution >= 4 is 0 Å². The molecule has 2 nitrogen and oxygen atoms in total. The lowest BCUT2D eigenvalue weighted by Gasteiger charge is -2.17. The predicted octanol–water partition coefficient (Wildman–Crippen LogP) is 3.84. The average Bonchev–Trinajstić information content (AvgIpc) is 3.52. The number of hydrogen-bond acceptors (Lipinski definition) is 2. The van der Waals surface area contributed by atoms with Crippen LogP contribution >= 0.6 is 0 Å². The van der Waals surface area contributed by atoms with Crippen LogP contribution in [0.3, 0.4) is 0 Å². The van der Waals surface area contributed by atoms with Crippen molar-refractivity contribution in [1.29, 1.82) is 0 Å². The van der Waals surface area contributed by atoms with Gasteiger partial charge in [0.2, 0.25) is 0 Å². The van der Waals surface area contributed by atoms with E-state index in [9.17, 15) is 4.39 Å². The van der Waals surface area contributed by atoms with Gasteiger partial charge in [-0.25, -0.2) is 4.39 Å². The quantitative estimate of drug-likeness (QED) is 0.771. The Bertz CT molecular complexity index is 681. The Labute approximate surface area is 143 Å². The van der Waals surface area contributed by atoms with E-state index < -0.39 is 0 Å². The second kappa shape index (κ2) is 6.66. The molecule has 0 aromatic heterocycles. The summed E-state index contributed by atoms with van der Waals surface area (Å²) in [5.74, 6) is 0.574. The van der Waals surface area contributed by atoms with Crippen molar-refractivity contribution in [2.75, 3.05) is 13.1 Å². The van der Waals surface area contributed by atoms with Gasteiger partial charge in [-0.2, -0.15) is 0 Å². The van der Waals surface area contributed by atoms with Crippen LogP contribution in [0.2, 0.25) is 0 Å². The molecule has 0 aliphatic heterocycles. The summed E-state index contributed by atoms with van der Waals surface area (Å²) >= 11 is 0. The summed E-state index contributed by atoms with van der Waals surface area (Å²) in [6.07, 6.45) is 3.79. The van der Waals surface area contributed by atoms with Gasteiger partial charge < -0.3 is 10.6 Å². The van der Waals surface area contributed by atoms with Crippen molar-refractivity contribution in [3.8, 4) is 0 Å². The van der Waals surface area contributed by atoms with Gasteiger partial charge in [-0.1, -0.05) is 48.5 Å². The minimum absolute atomic E-state index is 0.114. The van der Waals surface area contributed by atoms with Crippen LogP contribution in [0.1, 0.15) is 36.3 Å². The fraction of sp³-hybridized carbons (Fsp3) is 0.429. The smallest absolute Gasteiger partial charge is 0.127 e. The van der Waals surface area contributed by atoms with Gasteiger partial charge in [0.25, 0.3) is 0 Å². The van der Waals surface area contributed by atoms with Gasteiger partial charge in [-0.15, -0.1) is 0 Å². The first-order valence-electron chi connectivity index (χ1n) is 8.98. The Morgan fingerprint density at radius 1 is 0.958 bits per heavy atom.